The zero-order chi connectivity index (χ0) is 19.0. The largest absolute Gasteiger partial charge is 0.393 e. The Morgan fingerprint density at radius 1 is 1.30 bits per heavy atom. The van der Waals surface area contributed by atoms with E-state index in [0.29, 0.717) is 11.8 Å². The van der Waals surface area contributed by atoms with Crippen molar-refractivity contribution in [1.29, 1.82) is 0 Å². The van der Waals surface area contributed by atoms with Crippen LogP contribution in [0.15, 0.2) is 23.8 Å². The van der Waals surface area contributed by atoms with Crippen molar-refractivity contribution < 1.29 is 19.4 Å². The molecule has 1 N–H and O–H groups in total. The fraction of sp³-hybridized carbons (Fsp3) is 0.783. The van der Waals surface area contributed by atoms with Gasteiger partial charge in [-0.2, -0.15) is 0 Å². The second kappa shape index (κ2) is 6.01. The number of allylic oxidation sites excluding steroid dienone is 4. The minimum absolute atomic E-state index is 0.0144. The Hall–Kier alpha value is -0.970. The molecule has 27 heavy (non-hydrogen) atoms. The van der Waals surface area contributed by atoms with E-state index < -0.39 is 0 Å². The number of aliphatic hydroxyl groups is 1. The van der Waals surface area contributed by atoms with Crippen LogP contribution in [0, 0.1) is 28.6 Å². The summed E-state index contributed by atoms with van der Waals surface area (Å²) in [4.78, 5) is 11.9. The lowest BCUT2D eigenvalue weighted by Crippen LogP contribution is -2.56. The van der Waals surface area contributed by atoms with Crippen LogP contribution >= 0.6 is 0 Å². The minimum Gasteiger partial charge on any atom is -0.393 e. The second-order valence-corrected chi connectivity index (χ2v) is 9.99. The maximum Gasteiger partial charge on any atom is 0.178 e. The van der Waals surface area contributed by atoms with Gasteiger partial charge in [-0.15, -0.1) is 0 Å². The number of ether oxygens (including phenoxy) is 2. The summed E-state index contributed by atoms with van der Waals surface area (Å²) in [6, 6.07) is 0. The summed E-state index contributed by atoms with van der Waals surface area (Å²) >= 11 is 0. The number of aliphatic hydroxyl groups excluding tert-OH is 1. The SMILES string of the molecule is CCCC1OC2[C@@H](C[C@H]3C4CCC5=CC(=O)C=CC5(C)C4C(O)CC23C)O1. The second-order valence-electron chi connectivity index (χ2n) is 9.99. The number of hydrogen-bond donors (Lipinski definition) is 1. The van der Waals surface area contributed by atoms with Crippen molar-refractivity contribution in [1.82, 2.24) is 0 Å². The zero-order valence-corrected chi connectivity index (χ0v) is 16.7. The molecule has 5 aliphatic rings. The highest BCUT2D eigenvalue weighted by molar-refractivity contribution is 6.01. The Bertz CT molecular complexity index is 711. The summed E-state index contributed by atoms with van der Waals surface area (Å²) in [5.74, 6) is 1.26. The van der Waals surface area contributed by atoms with Crippen molar-refractivity contribution in [2.24, 2.45) is 28.6 Å². The molecule has 0 radical (unpaired) electrons. The van der Waals surface area contributed by atoms with E-state index in [0.717, 1.165) is 38.5 Å². The van der Waals surface area contributed by atoms with Crippen LogP contribution in [-0.2, 0) is 14.3 Å². The van der Waals surface area contributed by atoms with Gasteiger partial charge in [0.05, 0.1) is 18.3 Å². The maximum atomic E-state index is 11.9. The van der Waals surface area contributed by atoms with Gasteiger partial charge in [-0.25, -0.2) is 0 Å². The van der Waals surface area contributed by atoms with Crippen LogP contribution in [0.25, 0.3) is 0 Å². The Morgan fingerprint density at radius 3 is 2.89 bits per heavy atom. The van der Waals surface area contributed by atoms with E-state index in [-0.39, 0.29) is 47.1 Å². The van der Waals surface area contributed by atoms with Crippen LogP contribution in [0.4, 0.5) is 0 Å². The van der Waals surface area contributed by atoms with Gasteiger partial charge in [0.25, 0.3) is 0 Å². The van der Waals surface area contributed by atoms with Crippen molar-refractivity contribution in [3.63, 3.8) is 0 Å². The summed E-state index contributed by atoms with van der Waals surface area (Å²) in [6.45, 7) is 6.72. The van der Waals surface area contributed by atoms with Crippen molar-refractivity contribution in [3.05, 3.63) is 23.8 Å². The van der Waals surface area contributed by atoms with Crippen LogP contribution < -0.4 is 0 Å². The third kappa shape index (κ3) is 2.42. The lowest BCUT2D eigenvalue weighted by Gasteiger charge is -2.58. The van der Waals surface area contributed by atoms with Crippen LogP contribution in [0.2, 0.25) is 0 Å². The number of rotatable bonds is 2. The van der Waals surface area contributed by atoms with Gasteiger partial charge in [0.2, 0.25) is 0 Å². The molecule has 1 aliphatic heterocycles. The molecule has 0 aromatic rings. The molecular weight excluding hydrogens is 340 g/mol. The fourth-order valence-corrected chi connectivity index (χ4v) is 7.41. The monoisotopic (exact) mass is 372 g/mol. The number of ketones is 1. The molecule has 1 heterocycles. The fourth-order valence-electron chi connectivity index (χ4n) is 7.41. The molecule has 0 amide bonds. The molecule has 3 saturated carbocycles. The molecule has 4 fully saturated rings. The van der Waals surface area contributed by atoms with Crippen molar-refractivity contribution >= 4 is 5.78 Å². The van der Waals surface area contributed by atoms with Gasteiger partial charge in [0, 0.05) is 16.7 Å². The molecule has 1 saturated heterocycles. The van der Waals surface area contributed by atoms with Crippen LogP contribution in [0.5, 0.6) is 0 Å². The lowest BCUT2D eigenvalue weighted by atomic mass is 9.47. The molecule has 4 aliphatic carbocycles. The van der Waals surface area contributed by atoms with E-state index in [1.165, 1.54) is 5.57 Å². The number of carbonyl (C=O) groups is 1. The highest BCUT2D eigenvalue weighted by Gasteiger charge is 2.66. The Balaban J connectivity index is 1.46. The Labute approximate surface area is 162 Å². The number of fused-ring (bicyclic) bond motifs is 7. The zero-order valence-electron chi connectivity index (χ0n) is 16.7. The first-order valence-corrected chi connectivity index (χ1v) is 10.8. The van der Waals surface area contributed by atoms with Gasteiger partial charge in [0.15, 0.2) is 12.1 Å². The summed E-state index contributed by atoms with van der Waals surface area (Å²) in [6.07, 6.45) is 11.3. The third-order valence-electron chi connectivity index (χ3n) is 8.55. The van der Waals surface area contributed by atoms with E-state index in [1.54, 1.807) is 6.08 Å². The predicted octanol–water partition coefficient (Wildman–Crippen LogP) is 3.79. The van der Waals surface area contributed by atoms with E-state index in [4.69, 9.17) is 9.47 Å². The highest BCUT2D eigenvalue weighted by Crippen LogP contribution is 2.66. The quantitative estimate of drug-likeness (QED) is 0.801. The first kappa shape index (κ1) is 18.1. The smallest absolute Gasteiger partial charge is 0.178 e. The molecule has 148 valence electrons. The summed E-state index contributed by atoms with van der Waals surface area (Å²) < 4.78 is 12.6. The van der Waals surface area contributed by atoms with Gasteiger partial charge in [-0.3, -0.25) is 4.79 Å². The van der Waals surface area contributed by atoms with E-state index in [1.807, 2.05) is 6.08 Å². The Kier molecular flexibility index (Phi) is 4.03. The molecule has 0 bridgehead atoms. The van der Waals surface area contributed by atoms with Crippen molar-refractivity contribution in [2.45, 2.75) is 83.9 Å². The molecule has 0 aromatic carbocycles. The Morgan fingerprint density at radius 2 is 2.11 bits per heavy atom. The van der Waals surface area contributed by atoms with Crippen LogP contribution in [-0.4, -0.2) is 35.5 Å². The molecule has 7 unspecified atom stereocenters. The van der Waals surface area contributed by atoms with Crippen molar-refractivity contribution in [3.8, 4) is 0 Å². The lowest BCUT2D eigenvalue weighted by molar-refractivity contribution is -0.160. The topological polar surface area (TPSA) is 55.8 Å². The standard InChI is InChI=1S/C23H32O4/c1-4-5-19-26-18-11-16-15-7-6-13-10-14(24)8-9-22(13,2)20(15)17(25)12-23(16,3)21(18)27-19/h8-10,15-21,25H,4-7,11-12H2,1-3H3/t15?,16-,17?,18+,19?,20?,21?,22?,23?/m0/s1. The third-order valence-corrected chi connectivity index (χ3v) is 8.55. The maximum absolute atomic E-state index is 11.9. The van der Waals surface area contributed by atoms with E-state index in [2.05, 4.69) is 26.8 Å². The van der Waals surface area contributed by atoms with E-state index >= 15 is 0 Å². The van der Waals surface area contributed by atoms with E-state index in [9.17, 15) is 9.90 Å². The van der Waals surface area contributed by atoms with Crippen molar-refractivity contribution in [2.75, 3.05) is 0 Å². The van der Waals surface area contributed by atoms with Gasteiger partial charge >= 0.3 is 0 Å². The highest BCUT2D eigenvalue weighted by atomic mass is 16.7. The molecule has 4 nitrogen and oxygen atoms in total. The van der Waals surface area contributed by atoms with Gasteiger partial charge in [0.1, 0.15) is 0 Å². The molecule has 5 rings (SSSR count). The van der Waals surface area contributed by atoms with Gasteiger partial charge < -0.3 is 14.6 Å². The van der Waals surface area contributed by atoms with Gasteiger partial charge in [-0.05, 0) is 56.1 Å². The van der Waals surface area contributed by atoms with Gasteiger partial charge in [-0.1, -0.05) is 38.8 Å². The molecule has 0 spiro atoms. The molecular formula is C23H32O4. The average molecular weight is 373 g/mol. The molecule has 4 heteroatoms. The number of carbonyl (C=O) groups excluding carboxylic acids is 1. The summed E-state index contributed by atoms with van der Waals surface area (Å²) in [7, 11) is 0. The minimum atomic E-state index is -0.365. The summed E-state index contributed by atoms with van der Waals surface area (Å²) in [5.41, 5.74) is 1.01. The predicted molar refractivity (Wildman–Crippen MR) is 102 cm³/mol. The normalized spacial score (nSPS) is 53.4. The molecule has 0 aromatic heterocycles. The first-order chi connectivity index (χ1) is 12.9. The first-order valence-electron chi connectivity index (χ1n) is 10.8. The molecule has 9 atom stereocenters. The van der Waals surface area contributed by atoms with Crippen LogP contribution in [0.1, 0.15) is 59.3 Å². The number of hydrogen-bond acceptors (Lipinski definition) is 4. The van der Waals surface area contributed by atoms with Crippen LogP contribution in [0.3, 0.4) is 0 Å². The summed E-state index contributed by atoms with van der Waals surface area (Å²) in [5, 5.41) is 11.3. The average Bonchev–Trinajstić information content (AvgIpc) is 3.12.